The van der Waals surface area contributed by atoms with Crippen LogP contribution in [0.5, 0.6) is 0 Å². The maximum absolute atomic E-state index is 12.4. The first kappa shape index (κ1) is 15.1. The van der Waals surface area contributed by atoms with Crippen LogP contribution in [0.15, 0.2) is 58.4 Å². The van der Waals surface area contributed by atoms with E-state index in [1.54, 1.807) is 49.5 Å². The molecule has 116 valence electrons. The molecular formula is C16H14ClN5O. The third-order valence-electron chi connectivity index (χ3n) is 3.24. The van der Waals surface area contributed by atoms with E-state index in [0.29, 0.717) is 22.2 Å². The fourth-order valence-electron chi connectivity index (χ4n) is 2.05. The number of halogens is 1. The van der Waals surface area contributed by atoms with Crippen LogP contribution in [0.3, 0.4) is 0 Å². The molecule has 3 rings (SSSR count). The molecule has 0 spiro atoms. The molecule has 1 heterocycles. The number of nitrogens with two attached hydrogens (primary N) is 1. The molecule has 7 heteroatoms. The molecule has 2 aromatic carbocycles. The van der Waals surface area contributed by atoms with Gasteiger partial charge in [-0.2, -0.15) is 14.5 Å². The van der Waals surface area contributed by atoms with Gasteiger partial charge >= 0.3 is 5.69 Å². The van der Waals surface area contributed by atoms with E-state index < -0.39 is 0 Å². The summed E-state index contributed by atoms with van der Waals surface area (Å²) in [5.41, 5.74) is 7.43. The first-order valence-electron chi connectivity index (χ1n) is 6.89. The molecule has 0 aliphatic carbocycles. The highest BCUT2D eigenvalue weighted by Crippen LogP contribution is 2.11. The Kier molecular flexibility index (Phi) is 3.99. The van der Waals surface area contributed by atoms with Gasteiger partial charge in [0.2, 0.25) is 0 Å². The van der Waals surface area contributed by atoms with Crippen molar-refractivity contribution in [3.05, 3.63) is 75.4 Å². The summed E-state index contributed by atoms with van der Waals surface area (Å²) < 4.78 is 2.52. The van der Waals surface area contributed by atoms with Gasteiger partial charge in [-0.25, -0.2) is 4.79 Å². The third kappa shape index (κ3) is 3.17. The molecule has 0 unspecified atom stereocenters. The van der Waals surface area contributed by atoms with E-state index >= 15 is 0 Å². The maximum Gasteiger partial charge on any atom is 0.371 e. The lowest BCUT2D eigenvalue weighted by Gasteiger charge is -1.98. The standard InChI is InChI=1S/C16H14ClN5O/c1-11-20-22(15-8-4-13(17)5-9-15)16(23)21(11)19-10-12-2-6-14(18)7-3-12/h2-10H,18H2,1H3/b19-10+. The van der Waals surface area contributed by atoms with E-state index in [1.165, 1.54) is 9.36 Å². The van der Waals surface area contributed by atoms with Crippen LogP contribution < -0.4 is 11.4 Å². The van der Waals surface area contributed by atoms with Gasteiger partial charge in [0.15, 0.2) is 5.82 Å². The Morgan fingerprint density at radius 1 is 1.13 bits per heavy atom. The van der Waals surface area contributed by atoms with Crippen molar-refractivity contribution >= 4 is 23.5 Å². The summed E-state index contributed by atoms with van der Waals surface area (Å²) in [6, 6.07) is 14.0. The molecular weight excluding hydrogens is 314 g/mol. The molecule has 3 aromatic rings. The van der Waals surface area contributed by atoms with Crippen LogP contribution in [0.2, 0.25) is 5.02 Å². The monoisotopic (exact) mass is 327 g/mol. The molecule has 2 N–H and O–H groups in total. The van der Waals surface area contributed by atoms with E-state index in [1.807, 2.05) is 12.1 Å². The zero-order valence-electron chi connectivity index (χ0n) is 12.3. The van der Waals surface area contributed by atoms with E-state index in [4.69, 9.17) is 17.3 Å². The Labute approximate surface area is 137 Å². The molecule has 0 aliphatic rings. The molecule has 0 saturated heterocycles. The van der Waals surface area contributed by atoms with Gasteiger partial charge < -0.3 is 5.73 Å². The van der Waals surface area contributed by atoms with Crippen LogP contribution >= 0.6 is 11.6 Å². The zero-order valence-corrected chi connectivity index (χ0v) is 13.1. The summed E-state index contributed by atoms with van der Waals surface area (Å²) in [5.74, 6) is 0.483. The van der Waals surface area contributed by atoms with Gasteiger partial charge in [0.1, 0.15) is 0 Å². The number of hydrogen-bond donors (Lipinski definition) is 1. The topological polar surface area (TPSA) is 78.2 Å². The second kappa shape index (κ2) is 6.10. The van der Waals surface area contributed by atoms with Crippen LogP contribution in [0.1, 0.15) is 11.4 Å². The molecule has 0 amide bonds. The Hall–Kier alpha value is -2.86. The summed E-state index contributed by atoms with van der Waals surface area (Å²) in [6.45, 7) is 1.72. The number of nitrogens with zero attached hydrogens (tertiary/aromatic N) is 4. The van der Waals surface area contributed by atoms with Crippen LogP contribution in [0.25, 0.3) is 5.69 Å². The van der Waals surface area contributed by atoms with E-state index in [0.717, 1.165) is 5.56 Å². The number of anilines is 1. The van der Waals surface area contributed by atoms with Gasteiger partial charge in [-0.05, 0) is 48.9 Å². The first-order valence-corrected chi connectivity index (χ1v) is 7.27. The van der Waals surface area contributed by atoms with Gasteiger partial charge in [-0.1, -0.05) is 23.7 Å². The Morgan fingerprint density at radius 3 is 2.43 bits per heavy atom. The zero-order chi connectivity index (χ0) is 16.4. The van der Waals surface area contributed by atoms with Crippen molar-refractivity contribution in [2.45, 2.75) is 6.92 Å². The SMILES string of the molecule is Cc1nn(-c2ccc(Cl)cc2)c(=O)n1/N=C/c1ccc(N)cc1. The highest BCUT2D eigenvalue weighted by Gasteiger charge is 2.10. The third-order valence-corrected chi connectivity index (χ3v) is 3.50. The summed E-state index contributed by atoms with van der Waals surface area (Å²) >= 11 is 5.86. The van der Waals surface area contributed by atoms with E-state index in [9.17, 15) is 4.79 Å². The van der Waals surface area contributed by atoms with Crippen LogP contribution in [-0.4, -0.2) is 20.7 Å². The molecule has 0 radical (unpaired) electrons. The van der Waals surface area contributed by atoms with Gasteiger partial charge in [-0.3, -0.25) is 0 Å². The van der Waals surface area contributed by atoms with Crippen molar-refractivity contribution in [1.82, 2.24) is 14.5 Å². The van der Waals surface area contributed by atoms with Crippen molar-refractivity contribution in [3.63, 3.8) is 0 Å². The molecule has 1 aromatic heterocycles. The van der Waals surface area contributed by atoms with Crippen LogP contribution in [0, 0.1) is 6.92 Å². The van der Waals surface area contributed by atoms with Crippen molar-refractivity contribution < 1.29 is 0 Å². The number of rotatable bonds is 3. The normalized spacial score (nSPS) is 11.2. The van der Waals surface area contributed by atoms with E-state index in [-0.39, 0.29) is 5.69 Å². The maximum atomic E-state index is 12.4. The van der Waals surface area contributed by atoms with Gasteiger partial charge in [0.25, 0.3) is 0 Å². The summed E-state index contributed by atoms with van der Waals surface area (Å²) in [4.78, 5) is 12.4. The fraction of sp³-hybridized carbons (Fsp3) is 0.0625. The molecule has 6 nitrogen and oxygen atoms in total. The Balaban J connectivity index is 1.96. The number of hydrogen-bond acceptors (Lipinski definition) is 4. The molecule has 0 atom stereocenters. The van der Waals surface area contributed by atoms with Gasteiger partial charge in [-0.15, -0.1) is 5.10 Å². The lowest BCUT2D eigenvalue weighted by Crippen LogP contribution is -2.21. The van der Waals surface area contributed by atoms with Gasteiger partial charge in [0.05, 0.1) is 11.9 Å². The number of aromatic nitrogens is 3. The molecule has 0 fully saturated rings. The average Bonchev–Trinajstić information content (AvgIpc) is 2.82. The molecule has 0 bridgehead atoms. The quantitative estimate of drug-likeness (QED) is 0.593. The number of aryl methyl sites for hydroxylation is 1. The lowest BCUT2D eigenvalue weighted by atomic mass is 10.2. The predicted molar refractivity (Wildman–Crippen MR) is 91.4 cm³/mol. The molecule has 0 saturated carbocycles. The molecule has 23 heavy (non-hydrogen) atoms. The van der Waals surface area contributed by atoms with Crippen molar-refractivity contribution in [1.29, 1.82) is 0 Å². The highest BCUT2D eigenvalue weighted by molar-refractivity contribution is 6.30. The predicted octanol–water partition coefficient (Wildman–Crippen LogP) is 2.46. The number of nitrogen functional groups attached to an aromatic ring is 1. The van der Waals surface area contributed by atoms with Crippen molar-refractivity contribution in [2.24, 2.45) is 5.10 Å². The Morgan fingerprint density at radius 2 is 1.78 bits per heavy atom. The first-order chi connectivity index (χ1) is 11.0. The fourth-order valence-corrected chi connectivity index (χ4v) is 2.17. The largest absolute Gasteiger partial charge is 0.399 e. The van der Waals surface area contributed by atoms with Crippen molar-refractivity contribution in [2.75, 3.05) is 5.73 Å². The smallest absolute Gasteiger partial charge is 0.371 e. The summed E-state index contributed by atoms with van der Waals surface area (Å²) in [5, 5.41) is 9.02. The number of benzene rings is 2. The van der Waals surface area contributed by atoms with Crippen molar-refractivity contribution in [3.8, 4) is 5.69 Å². The Bertz CT molecular complexity index is 907. The lowest BCUT2D eigenvalue weighted by molar-refractivity contribution is 0.778. The van der Waals surface area contributed by atoms with E-state index in [2.05, 4.69) is 10.2 Å². The van der Waals surface area contributed by atoms with Crippen LogP contribution in [0.4, 0.5) is 5.69 Å². The minimum absolute atomic E-state index is 0.350. The van der Waals surface area contributed by atoms with Crippen LogP contribution in [-0.2, 0) is 0 Å². The average molecular weight is 328 g/mol. The minimum atomic E-state index is -0.350. The molecule has 0 aliphatic heterocycles. The second-order valence-corrected chi connectivity index (χ2v) is 5.38. The summed E-state index contributed by atoms with van der Waals surface area (Å²) in [7, 11) is 0. The van der Waals surface area contributed by atoms with Gasteiger partial charge in [0, 0.05) is 10.7 Å². The minimum Gasteiger partial charge on any atom is -0.399 e. The highest BCUT2D eigenvalue weighted by atomic mass is 35.5. The second-order valence-electron chi connectivity index (χ2n) is 4.94. The summed E-state index contributed by atoms with van der Waals surface area (Å²) in [6.07, 6.45) is 1.59.